The highest BCUT2D eigenvalue weighted by atomic mass is 19.3. The number of rotatable bonds is 6. The number of halogens is 2. The molecule has 0 radical (unpaired) electrons. The van der Waals surface area contributed by atoms with E-state index in [0.717, 1.165) is 0 Å². The molecule has 0 bridgehead atoms. The largest absolute Gasteiger partial charge is 0.390 e. The number of carbonyl (C=O) groups is 2. The molecule has 0 unspecified atom stereocenters. The van der Waals surface area contributed by atoms with Crippen LogP contribution in [0, 0.1) is 5.41 Å². The van der Waals surface area contributed by atoms with Crippen LogP contribution in [-0.2, 0) is 9.59 Å². The molecule has 0 aliphatic heterocycles. The van der Waals surface area contributed by atoms with Gasteiger partial charge in [0.05, 0.1) is 6.54 Å². The van der Waals surface area contributed by atoms with Crippen molar-refractivity contribution in [2.45, 2.75) is 33.1 Å². The Kier molecular flexibility index (Phi) is 6.17. The van der Waals surface area contributed by atoms with Crippen LogP contribution in [0.3, 0.4) is 0 Å². The monoisotopic (exact) mass is 266 g/mol. The van der Waals surface area contributed by atoms with Gasteiger partial charge in [-0.2, -0.15) is 0 Å². The maximum Gasteiger partial charge on any atom is 0.287 e. The van der Waals surface area contributed by atoms with E-state index >= 15 is 0 Å². The van der Waals surface area contributed by atoms with Gasteiger partial charge in [0.1, 0.15) is 6.61 Å². The normalized spacial score (nSPS) is 12.1. The van der Waals surface area contributed by atoms with Crippen LogP contribution < -0.4 is 10.6 Å². The van der Waals surface area contributed by atoms with Crippen LogP contribution in [0.1, 0.15) is 27.2 Å². The second-order valence-electron chi connectivity index (χ2n) is 5.05. The van der Waals surface area contributed by atoms with E-state index in [4.69, 9.17) is 5.11 Å². The molecule has 18 heavy (non-hydrogen) atoms. The smallest absolute Gasteiger partial charge is 0.287 e. The molecule has 0 aromatic carbocycles. The predicted molar refractivity (Wildman–Crippen MR) is 62.1 cm³/mol. The van der Waals surface area contributed by atoms with Crippen LogP contribution in [0.2, 0.25) is 0 Å². The molecule has 0 saturated carbocycles. The molecule has 106 valence electrons. The van der Waals surface area contributed by atoms with Crippen molar-refractivity contribution >= 4 is 11.8 Å². The summed E-state index contributed by atoms with van der Waals surface area (Å²) in [6, 6.07) is 0. The summed E-state index contributed by atoms with van der Waals surface area (Å²) in [6.45, 7) is 3.05. The van der Waals surface area contributed by atoms with Gasteiger partial charge in [0.2, 0.25) is 11.8 Å². The number of alkyl halides is 2. The molecule has 7 heteroatoms. The topological polar surface area (TPSA) is 78.4 Å². The Morgan fingerprint density at radius 2 is 1.72 bits per heavy atom. The second kappa shape index (κ2) is 6.63. The Labute approximate surface area is 105 Å². The third-order valence-electron chi connectivity index (χ3n) is 2.09. The average Bonchev–Trinajstić information content (AvgIpc) is 2.25. The summed E-state index contributed by atoms with van der Waals surface area (Å²) in [5.41, 5.74) is -0.555. The van der Waals surface area contributed by atoms with E-state index in [1.807, 2.05) is 5.32 Å². The van der Waals surface area contributed by atoms with Gasteiger partial charge in [-0.15, -0.1) is 0 Å². The van der Waals surface area contributed by atoms with E-state index in [-0.39, 0.29) is 18.9 Å². The molecule has 0 saturated heterocycles. The van der Waals surface area contributed by atoms with Crippen LogP contribution >= 0.6 is 0 Å². The summed E-state index contributed by atoms with van der Waals surface area (Å²) >= 11 is 0. The van der Waals surface area contributed by atoms with E-state index in [1.54, 1.807) is 20.8 Å². The Hall–Kier alpha value is -1.24. The predicted octanol–water partition coefficient (Wildman–Crippen LogP) is 0.283. The summed E-state index contributed by atoms with van der Waals surface area (Å²) in [5.74, 6) is -4.13. The first-order valence-electron chi connectivity index (χ1n) is 5.62. The van der Waals surface area contributed by atoms with Gasteiger partial charge < -0.3 is 15.7 Å². The molecule has 0 atom stereocenters. The fraction of sp³-hybridized carbons (Fsp3) is 0.818. The molecule has 0 aliphatic carbocycles. The fourth-order valence-corrected chi connectivity index (χ4v) is 0.927. The van der Waals surface area contributed by atoms with Gasteiger partial charge in [0.25, 0.3) is 5.92 Å². The maximum absolute atomic E-state index is 12.6. The average molecular weight is 266 g/mol. The number of aliphatic hydroxyl groups is 1. The van der Waals surface area contributed by atoms with E-state index in [1.165, 1.54) is 0 Å². The third-order valence-corrected chi connectivity index (χ3v) is 2.09. The molecule has 2 amide bonds. The van der Waals surface area contributed by atoms with E-state index in [0.29, 0.717) is 0 Å². The highest BCUT2D eigenvalue weighted by Gasteiger charge is 2.28. The van der Waals surface area contributed by atoms with Crippen molar-refractivity contribution in [1.29, 1.82) is 0 Å². The second-order valence-corrected chi connectivity index (χ2v) is 5.05. The van der Waals surface area contributed by atoms with Gasteiger partial charge in [-0.1, -0.05) is 20.8 Å². The molecular weight excluding hydrogens is 246 g/mol. The molecule has 0 aromatic heterocycles. The zero-order valence-corrected chi connectivity index (χ0v) is 10.8. The quantitative estimate of drug-likeness (QED) is 0.646. The lowest BCUT2D eigenvalue weighted by atomic mass is 9.96. The van der Waals surface area contributed by atoms with Crippen LogP contribution in [0.25, 0.3) is 0 Å². The lowest BCUT2D eigenvalue weighted by molar-refractivity contribution is -0.128. The van der Waals surface area contributed by atoms with Crippen LogP contribution in [0.15, 0.2) is 0 Å². The maximum atomic E-state index is 12.6. The van der Waals surface area contributed by atoms with Crippen LogP contribution in [0.5, 0.6) is 0 Å². The molecule has 0 aliphatic rings. The molecule has 0 heterocycles. The SMILES string of the molecule is CC(C)(C)C(=O)NCCC(=O)NCC(F)(F)CO. The van der Waals surface area contributed by atoms with Crippen molar-refractivity contribution in [3.05, 3.63) is 0 Å². The summed E-state index contributed by atoms with van der Waals surface area (Å²) < 4.78 is 25.2. The van der Waals surface area contributed by atoms with E-state index < -0.39 is 30.4 Å². The lowest BCUT2D eigenvalue weighted by Crippen LogP contribution is -2.41. The highest BCUT2D eigenvalue weighted by molar-refractivity contribution is 5.82. The number of amides is 2. The summed E-state index contributed by atoms with van der Waals surface area (Å²) in [4.78, 5) is 22.6. The molecule has 5 nitrogen and oxygen atoms in total. The zero-order valence-electron chi connectivity index (χ0n) is 10.8. The first kappa shape index (κ1) is 16.8. The summed E-state index contributed by atoms with van der Waals surface area (Å²) in [5, 5.41) is 12.8. The van der Waals surface area contributed by atoms with Crippen molar-refractivity contribution < 1.29 is 23.5 Å². The van der Waals surface area contributed by atoms with Crippen molar-refractivity contribution in [1.82, 2.24) is 10.6 Å². The minimum atomic E-state index is -3.32. The van der Waals surface area contributed by atoms with Crippen molar-refractivity contribution in [3.63, 3.8) is 0 Å². The highest BCUT2D eigenvalue weighted by Crippen LogP contribution is 2.12. The molecule has 0 fully saturated rings. The van der Waals surface area contributed by atoms with Gasteiger partial charge in [-0.3, -0.25) is 9.59 Å². The Morgan fingerprint density at radius 1 is 1.17 bits per heavy atom. The van der Waals surface area contributed by atoms with Gasteiger partial charge in [-0.25, -0.2) is 8.78 Å². The number of aliphatic hydroxyl groups excluding tert-OH is 1. The standard InChI is InChI=1S/C11H20F2N2O3/c1-10(2,3)9(18)14-5-4-8(17)15-6-11(12,13)7-16/h16H,4-7H2,1-3H3,(H,14,18)(H,15,17). The Balaban J connectivity index is 3.83. The Morgan fingerprint density at radius 3 is 2.17 bits per heavy atom. The minimum absolute atomic E-state index is 0.0800. The van der Waals surface area contributed by atoms with Crippen molar-refractivity contribution in [2.75, 3.05) is 19.7 Å². The zero-order chi connectivity index (χ0) is 14.4. The lowest BCUT2D eigenvalue weighted by Gasteiger charge is -2.18. The number of carbonyl (C=O) groups excluding carboxylic acids is 2. The molecular formula is C11H20F2N2O3. The van der Waals surface area contributed by atoms with Crippen LogP contribution in [-0.4, -0.2) is 42.5 Å². The first-order chi connectivity index (χ1) is 8.08. The van der Waals surface area contributed by atoms with Crippen molar-refractivity contribution in [3.8, 4) is 0 Å². The molecule has 0 aromatic rings. The van der Waals surface area contributed by atoms with Crippen LogP contribution in [0.4, 0.5) is 8.78 Å². The van der Waals surface area contributed by atoms with Crippen molar-refractivity contribution in [2.24, 2.45) is 5.41 Å². The minimum Gasteiger partial charge on any atom is -0.390 e. The van der Waals surface area contributed by atoms with Gasteiger partial charge >= 0.3 is 0 Å². The van der Waals surface area contributed by atoms with Gasteiger partial charge in [0, 0.05) is 18.4 Å². The Bertz CT molecular complexity index is 301. The molecule has 0 rings (SSSR count). The number of hydrogen-bond donors (Lipinski definition) is 3. The first-order valence-corrected chi connectivity index (χ1v) is 5.62. The summed E-state index contributed by atoms with van der Waals surface area (Å²) in [6.07, 6.45) is -0.0800. The third kappa shape index (κ3) is 7.16. The molecule has 3 N–H and O–H groups in total. The van der Waals surface area contributed by atoms with E-state index in [9.17, 15) is 18.4 Å². The summed E-state index contributed by atoms with van der Waals surface area (Å²) in [7, 11) is 0. The van der Waals surface area contributed by atoms with Gasteiger partial charge in [-0.05, 0) is 0 Å². The van der Waals surface area contributed by atoms with Gasteiger partial charge in [0.15, 0.2) is 0 Å². The number of hydrogen-bond acceptors (Lipinski definition) is 3. The van der Waals surface area contributed by atoms with E-state index in [2.05, 4.69) is 5.32 Å². The fourth-order valence-electron chi connectivity index (χ4n) is 0.927. The number of nitrogens with one attached hydrogen (secondary N) is 2. The molecule has 0 spiro atoms.